The number of rotatable bonds is 4. The second-order valence-electron chi connectivity index (χ2n) is 5.15. The van der Waals surface area contributed by atoms with Crippen molar-refractivity contribution in [3.05, 3.63) is 41.5 Å². The number of carbonyl (C=O) groups excluding carboxylic acids is 1. The minimum absolute atomic E-state index is 0.103. The van der Waals surface area contributed by atoms with Crippen molar-refractivity contribution >= 4 is 23.5 Å². The lowest BCUT2D eigenvalue weighted by atomic mass is 10.2. The van der Waals surface area contributed by atoms with E-state index in [0.717, 1.165) is 30.9 Å². The van der Waals surface area contributed by atoms with Gasteiger partial charge in [0.1, 0.15) is 5.82 Å². The van der Waals surface area contributed by atoms with E-state index in [4.69, 9.17) is 10.5 Å². The summed E-state index contributed by atoms with van der Waals surface area (Å²) in [6, 6.07) is 5.51. The molecule has 3 rings (SSSR count). The Hall–Kier alpha value is -2.46. The van der Waals surface area contributed by atoms with E-state index in [1.807, 2.05) is 0 Å². The van der Waals surface area contributed by atoms with Crippen molar-refractivity contribution in [2.45, 2.75) is 10.9 Å². The van der Waals surface area contributed by atoms with E-state index in [0.29, 0.717) is 17.6 Å². The maximum Gasteiger partial charge on any atom is 0.234 e. The number of hydrogen-bond acceptors (Lipinski definition) is 7. The first-order valence-electron chi connectivity index (χ1n) is 7.71. The second kappa shape index (κ2) is 9.88. The fourth-order valence-electron chi connectivity index (χ4n) is 1.95. The second-order valence-corrected chi connectivity index (χ2v) is 6.09. The van der Waals surface area contributed by atoms with Crippen LogP contribution in [0.15, 0.2) is 29.4 Å². The van der Waals surface area contributed by atoms with Crippen molar-refractivity contribution in [2.75, 3.05) is 32.5 Å². The highest BCUT2D eigenvalue weighted by Gasteiger charge is 2.10. The third kappa shape index (κ3) is 6.12. The summed E-state index contributed by atoms with van der Waals surface area (Å²) in [5, 5.41) is 5.95. The van der Waals surface area contributed by atoms with Crippen LogP contribution in [0.2, 0.25) is 0 Å². The predicted molar refractivity (Wildman–Crippen MR) is 94.8 cm³/mol. The number of amides is 1. The number of benzene rings is 1. The quantitative estimate of drug-likeness (QED) is 0.541. The molecule has 1 fully saturated rings. The Morgan fingerprint density at radius 3 is 2.73 bits per heavy atom. The van der Waals surface area contributed by atoms with Crippen LogP contribution in [-0.4, -0.2) is 42.6 Å². The van der Waals surface area contributed by atoms with Gasteiger partial charge in [0.25, 0.3) is 0 Å². The molecular weight excluding hydrogens is 364 g/mol. The van der Waals surface area contributed by atoms with E-state index >= 15 is 0 Å². The molecule has 4 N–H and O–H groups in total. The summed E-state index contributed by atoms with van der Waals surface area (Å²) in [7, 11) is 1.46. The molecule has 1 aliphatic rings. The van der Waals surface area contributed by atoms with E-state index in [1.165, 1.54) is 25.3 Å². The number of nitrogen functional groups attached to an aromatic ring is 1. The summed E-state index contributed by atoms with van der Waals surface area (Å²) in [4.78, 5) is 18.3. The van der Waals surface area contributed by atoms with E-state index < -0.39 is 11.6 Å². The largest absolute Gasteiger partial charge is 0.481 e. The van der Waals surface area contributed by atoms with Crippen LogP contribution in [0.3, 0.4) is 0 Å². The third-order valence-electron chi connectivity index (χ3n) is 3.21. The number of piperazine rings is 1. The highest BCUT2D eigenvalue weighted by molar-refractivity contribution is 7.98. The number of carbonyl (C=O) groups is 1. The van der Waals surface area contributed by atoms with Crippen LogP contribution in [-0.2, 0) is 10.5 Å². The fraction of sp³-hybridized carbons (Fsp3) is 0.312. The average molecular weight is 383 g/mol. The number of halogens is 2. The van der Waals surface area contributed by atoms with Crippen molar-refractivity contribution in [3.8, 4) is 5.88 Å². The lowest BCUT2D eigenvalue weighted by Gasteiger charge is -2.11. The Morgan fingerprint density at radius 1 is 1.31 bits per heavy atom. The lowest BCUT2D eigenvalue weighted by molar-refractivity contribution is -0.121. The van der Waals surface area contributed by atoms with Gasteiger partial charge in [-0.15, -0.1) is 0 Å². The SMILES string of the molecule is COc1cc(N)nc(SCc2cccc(F)c2F)n1.O=C1CNCCN1. The Labute approximate surface area is 153 Å². The maximum atomic E-state index is 13.5. The minimum Gasteiger partial charge on any atom is -0.481 e. The molecule has 1 saturated heterocycles. The molecular formula is C16H19F2N5O2S. The molecule has 1 amide bonds. The summed E-state index contributed by atoms with van der Waals surface area (Å²) in [6.07, 6.45) is 0. The zero-order valence-electron chi connectivity index (χ0n) is 14.1. The van der Waals surface area contributed by atoms with Crippen molar-refractivity contribution in [2.24, 2.45) is 0 Å². The molecule has 0 aliphatic carbocycles. The van der Waals surface area contributed by atoms with Crippen molar-refractivity contribution in [3.63, 3.8) is 0 Å². The molecule has 7 nitrogen and oxygen atoms in total. The van der Waals surface area contributed by atoms with Crippen LogP contribution in [0.1, 0.15) is 5.56 Å². The Balaban J connectivity index is 0.000000290. The number of nitrogens with one attached hydrogen (secondary N) is 2. The average Bonchev–Trinajstić information content (AvgIpc) is 2.63. The van der Waals surface area contributed by atoms with Gasteiger partial charge >= 0.3 is 0 Å². The minimum atomic E-state index is -0.871. The van der Waals surface area contributed by atoms with Crippen LogP contribution in [0.4, 0.5) is 14.6 Å². The number of ether oxygens (including phenoxy) is 1. The van der Waals surface area contributed by atoms with Crippen LogP contribution in [0.25, 0.3) is 0 Å². The highest BCUT2D eigenvalue weighted by Crippen LogP contribution is 2.24. The molecule has 0 spiro atoms. The Bertz CT molecular complexity index is 755. The molecule has 0 saturated carbocycles. The number of nitrogens with two attached hydrogens (primary N) is 1. The van der Waals surface area contributed by atoms with Crippen LogP contribution in [0, 0.1) is 11.6 Å². The van der Waals surface area contributed by atoms with Crippen LogP contribution in [0.5, 0.6) is 5.88 Å². The Morgan fingerprint density at radius 2 is 2.12 bits per heavy atom. The number of thioether (sulfide) groups is 1. The number of anilines is 1. The van der Waals surface area contributed by atoms with Gasteiger partial charge in [-0.3, -0.25) is 4.79 Å². The van der Waals surface area contributed by atoms with E-state index in [2.05, 4.69) is 20.6 Å². The van der Waals surface area contributed by atoms with Gasteiger partial charge in [-0.1, -0.05) is 23.9 Å². The summed E-state index contributed by atoms with van der Waals surface area (Å²) in [5.74, 6) is -0.832. The molecule has 0 bridgehead atoms. The van der Waals surface area contributed by atoms with E-state index in [9.17, 15) is 13.6 Å². The summed E-state index contributed by atoms with van der Waals surface area (Å²) in [6.45, 7) is 2.17. The van der Waals surface area contributed by atoms with E-state index in [-0.39, 0.29) is 23.0 Å². The molecule has 2 aromatic rings. The van der Waals surface area contributed by atoms with Gasteiger partial charge in [-0.2, -0.15) is 4.98 Å². The molecule has 0 atom stereocenters. The topological polar surface area (TPSA) is 102 Å². The van der Waals surface area contributed by atoms with Gasteiger partial charge in [0.2, 0.25) is 11.8 Å². The van der Waals surface area contributed by atoms with Crippen molar-refractivity contribution < 1.29 is 18.3 Å². The lowest BCUT2D eigenvalue weighted by Crippen LogP contribution is -2.44. The van der Waals surface area contributed by atoms with Crippen LogP contribution >= 0.6 is 11.8 Å². The normalized spacial score (nSPS) is 13.4. The summed E-state index contributed by atoms with van der Waals surface area (Å²) >= 11 is 1.15. The monoisotopic (exact) mass is 383 g/mol. The summed E-state index contributed by atoms with van der Waals surface area (Å²) in [5.41, 5.74) is 5.82. The smallest absolute Gasteiger partial charge is 0.234 e. The molecule has 0 unspecified atom stereocenters. The molecule has 0 radical (unpaired) electrons. The maximum absolute atomic E-state index is 13.5. The molecule has 1 aliphatic heterocycles. The van der Waals surface area contributed by atoms with Gasteiger partial charge in [0.05, 0.1) is 13.7 Å². The number of aromatic nitrogens is 2. The molecule has 1 aromatic heterocycles. The standard InChI is InChI=1S/C12H11F2N3OS.C4H8N2O/c1-18-10-5-9(15)16-12(17-10)19-6-7-3-2-4-8(13)11(7)14;7-4-3-5-1-2-6-4/h2-5H,6H2,1H3,(H2,15,16,17);5H,1-3H2,(H,6,7). The van der Waals surface area contributed by atoms with Crippen LogP contribution < -0.4 is 21.1 Å². The summed E-state index contributed by atoms with van der Waals surface area (Å²) < 4.78 is 31.4. The predicted octanol–water partition coefficient (Wildman–Crippen LogP) is 1.34. The first-order chi connectivity index (χ1) is 12.5. The van der Waals surface area contributed by atoms with Gasteiger partial charge < -0.3 is 21.1 Å². The number of nitrogens with zero attached hydrogens (tertiary/aromatic N) is 2. The van der Waals surface area contributed by atoms with E-state index in [1.54, 1.807) is 0 Å². The van der Waals surface area contributed by atoms with Crippen molar-refractivity contribution in [1.29, 1.82) is 0 Å². The zero-order chi connectivity index (χ0) is 18.9. The fourth-order valence-corrected chi connectivity index (χ4v) is 2.78. The molecule has 26 heavy (non-hydrogen) atoms. The highest BCUT2D eigenvalue weighted by atomic mass is 32.2. The molecule has 10 heteroatoms. The number of methoxy groups -OCH3 is 1. The number of hydrogen-bond donors (Lipinski definition) is 3. The third-order valence-corrected chi connectivity index (χ3v) is 4.11. The van der Waals surface area contributed by atoms with Gasteiger partial charge in [0, 0.05) is 30.5 Å². The van der Waals surface area contributed by atoms with Crippen molar-refractivity contribution in [1.82, 2.24) is 20.6 Å². The molecule has 2 heterocycles. The Kier molecular flexibility index (Phi) is 7.54. The molecule has 1 aromatic carbocycles. The zero-order valence-corrected chi connectivity index (χ0v) is 14.9. The first kappa shape index (κ1) is 19.9. The van der Waals surface area contributed by atoms with Gasteiger partial charge in [0.15, 0.2) is 16.8 Å². The van der Waals surface area contributed by atoms with Gasteiger partial charge in [-0.05, 0) is 6.07 Å². The van der Waals surface area contributed by atoms with Gasteiger partial charge in [-0.25, -0.2) is 13.8 Å². The molecule has 140 valence electrons. The first-order valence-corrected chi connectivity index (χ1v) is 8.70.